The van der Waals surface area contributed by atoms with Crippen molar-refractivity contribution in [3.05, 3.63) is 54.1 Å². The Morgan fingerprint density at radius 3 is 2.29 bits per heavy atom. The van der Waals surface area contributed by atoms with Gasteiger partial charge in [0.1, 0.15) is 24.3 Å². The van der Waals surface area contributed by atoms with Gasteiger partial charge in [0, 0.05) is 5.56 Å². The molecule has 5 atom stereocenters. The number of hydrogen-bond donors (Lipinski definition) is 3. The maximum Gasteiger partial charge on any atom is 0.306 e. The molecule has 2 aliphatic carbocycles. The summed E-state index contributed by atoms with van der Waals surface area (Å²) in [6.45, 7) is 0.357. The molecule has 2 aromatic rings. The zero-order chi connectivity index (χ0) is 23.7. The highest BCUT2D eigenvalue weighted by molar-refractivity contribution is 5.95. The number of nitrogens with one attached hydrogen (secondary N) is 2. The van der Waals surface area contributed by atoms with Gasteiger partial charge in [0.25, 0.3) is 0 Å². The number of amides is 1. The Kier molecular flexibility index (Phi) is 7.65. The van der Waals surface area contributed by atoms with Crippen molar-refractivity contribution in [3.63, 3.8) is 0 Å². The second kappa shape index (κ2) is 10.7. The van der Waals surface area contributed by atoms with Crippen LogP contribution in [0.5, 0.6) is 5.75 Å². The summed E-state index contributed by atoms with van der Waals surface area (Å²) in [6.07, 6.45) is 5.39. The van der Waals surface area contributed by atoms with E-state index in [0.717, 1.165) is 29.2 Å². The van der Waals surface area contributed by atoms with Gasteiger partial charge in [-0.15, -0.1) is 12.4 Å². The van der Waals surface area contributed by atoms with E-state index in [1.165, 1.54) is 19.3 Å². The lowest BCUT2D eigenvalue weighted by Crippen LogP contribution is -2.31. The van der Waals surface area contributed by atoms with Crippen LogP contribution in [0, 0.1) is 23.2 Å². The molecule has 1 saturated heterocycles. The Labute approximate surface area is 211 Å². The SMILES string of the molecule is Cl.N=C(N)c1ccc(-c2ccc(OC[C@@H]3C[C@@H](CC(=O)OC4CC5CCC4C5)C(=O)N3)cc2)cc1. The smallest absolute Gasteiger partial charge is 0.306 e. The van der Waals surface area contributed by atoms with Crippen LogP contribution in [0.15, 0.2) is 48.5 Å². The first-order chi connectivity index (χ1) is 16.4. The fraction of sp³-hybridized carbons (Fsp3) is 0.444. The maximum atomic E-state index is 12.4. The van der Waals surface area contributed by atoms with Crippen molar-refractivity contribution in [3.8, 4) is 16.9 Å². The number of amidine groups is 1. The van der Waals surface area contributed by atoms with Crippen LogP contribution in [0.4, 0.5) is 0 Å². The molecule has 1 amide bonds. The summed E-state index contributed by atoms with van der Waals surface area (Å²) in [5.41, 5.74) is 8.26. The third-order valence-corrected chi connectivity index (χ3v) is 7.49. The Morgan fingerprint density at radius 2 is 1.69 bits per heavy atom. The van der Waals surface area contributed by atoms with Crippen LogP contribution >= 0.6 is 12.4 Å². The predicted molar refractivity (Wildman–Crippen MR) is 136 cm³/mol. The van der Waals surface area contributed by atoms with E-state index in [1.54, 1.807) is 0 Å². The van der Waals surface area contributed by atoms with Gasteiger partial charge in [-0.2, -0.15) is 0 Å². The number of nitrogens with two attached hydrogens (primary N) is 1. The largest absolute Gasteiger partial charge is 0.491 e. The molecule has 8 heteroatoms. The Bertz CT molecular complexity index is 1070. The quantitative estimate of drug-likeness (QED) is 0.289. The topological polar surface area (TPSA) is 115 Å². The van der Waals surface area contributed by atoms with Crippen LogP contribution in [0.3, 0.4) is 0 Å². The molecule has 186 valence electrons. The van der Waals surface area contributed by atoms with Crippen LogP contribution in [0.25, 0.3) is 11.1 Å². The number of benzene rings is 2. The highest BCUT2D eigenvalue weighted by Crippen LogP contribution is 2.46. The molecule has 0 spiro atoms. The third-order valence-electron chi connectivity index (χ3n) is 7.49. The minimum absolute atomic E-state index is 0. The molecule has 3 aliphatic rings. The number of rotatable bonds is 8. The molecule has 5 rings (SSSR count). The van der Waals surface area contributed by atoms with E-state index in [4.69, 9.17) is 20.6 Å². The van der Waals surface area contributed by atoms with Gasteiger partial charge in [0.05, 0.1) is 18.4 Å². The number of ether oxygens (including phenoxy) is 2. The molecule has 7 nitrogen and oxygen atoms in total. The van der Waals surface area contributed by atoms with Gasteiger partial charge >= 0.3 is 5.97 Å². The first kappa shape index (κ1) is 25.0. The van der Waals surface area contributed by atoms with Gasteiger partial charge < -0.3 is 20.5 Å². The monoisotopic (exact) mass is 497 g/mol. The van der Waals surface area contributed by atoms with E-state index in [1.807, 2.05) is 48.5 Å². The highest BCUT2D eigenvalue weighted by Gasteiger charge is 2.42. The molecular formula is C27H32ClN3O4. The van der Waals surface area contributed by atoms with E-state index in [0.29, 0.717) is 24.5 Å². The molecule has 0 radical (unpaired) electrons. The van der Waals surface area contributed by atoms with Crippen LogP contribution < -0.4 is 15.8 Å². The van der Waals surface area contributed by atoms with E-state index in [9.17, 15) is 9.59 Å². The summed E-state index contributed by atoms with van der Waals surface area (Å²) in [6, 6.07) is 15.1. The van der Waals surface area contributed by atoms with Crippen LogP contribution in [-0.2, 0) is 14.3 Å². The first-order valence-corrected chi connectivity index (χ1v) is 12.1. The number of fused-ring (bicyclic) bond motifs is 2. The molecule has 0 aromatic heterocycles. The number of nitrogen functional groups attached to an aromatic ring is 1. The summed E-state index contributed by atoms with van der Waals surface area (Å²) in [7, 11) is 0. The maximum absolute atomic E-state index is 12.4. The molecule has 2 saturated carbocycles. The summed E-state index contributed by atoms with van der Waals surface area (Å²) in [4.78, 5) is 24.8. The Morgan fingerprint density at radius 1 is 1.00 bits per heavy atom. The zero-order valence-corrected chi connectivity index (χ0v) is 20.4. The molecule has 2 bridgehead atoms. The van der Waals surface area contributed by atoms with Crippen molar-refractivity contribution in [2.45, 2.75) is 50.7 Å². The van der Waals surface area contributed by atoms with Crippen molar-refractivity contribution < 1.29 is 19.1 Å². The summed E-state index contributed by atoms with van der Waals surface area (Å²) in [5, 5.41) is 10.4. The minimum Gasteiger partial charge on any atom is -0.491 e. The molecule has 2 aromatic carbocycles. The van der Waals surface area contributed by atoms with Crippen LogP contribution in [0.2, 0.25) is 0 Å². The van der Waals surface area contributed by atoms with Crippen molar-refractivity contribution in [1.29, 1.82) is 5.41 Å². The summed E-state index contributed by atoms with van der Waals surface area (Å²) >= 11 is 0. The molecule has 4 N–H and O–H groups in total. The van der Waals surface area contributed by atoms with Crippen LogP contribution in [0.1, 0.15) is 44.1 Å². The normalized spacial score (nSPS) is 26.6. The van der Waals surface area contributed by atoms with Crippen molar-refractivity contribution in [1.82, 2.24) is 5.32 Å². The average Bonchev–Trinajstić information content (AvgIpc) is 3.54. The number of halogens is 1. The van der Waals surface area contributed by atoms with E-state index in [-0.39, 0.29) is 54.6 Å². The molecular weight excluding hydrogens is 466 g/mol. The van der Waals surface area contributed by atoms with Gasteiger partial charge in [0.2, 0.25) is 5.91 Å². The van der Waals surface area contributed by atoms with E-state index in [2.05, 4.69) is 5.32 Å². The third kappa shape index (κ3) is 5.78. The average molecular weight is 498 g/mol. The first-order valence-electron chi connectivity index (χ1n) is 12.1. The van der Waals surface area contributed by atoms with Crippen molar-refractivity contribution >= 4 is 30.1 Å². The lowest BCUT2D eigenvalue weighted by molar-refractivity contribution is -0.153. The summed E-state index contributed by atoms with van der Waals surface area (Å²) < 4.78 is 11.6. The number of carbonyl (C=O) groups excluding carboxylic acids is 2. The minimum atomic E-state index is -0.347. The lowest BCUT2D eigenvalue weighted by atomic mass is 9.97. The van der Waals surface area contributed by atoms with Gasteiger partial charge in [-0.25, -0.2) is 0 Å². The number of hydrogen-bond acceptors (Lipinski definition) is 5. The molecule has 3 fully saturated rings. The zero-order valence-electron chi connectivity index (χ0n) is 19.6. The van der Waals surface area contributed by atoms with E-state index >= 15 is 0 Å². The molecule has 3 unspecified atom stereocenters. The number of carbonyl (C=O) groups is 2. The Hall–Kier alpha value is -3.06. The van der Waals surface area contributed by atoms with Crippen molar-refractivity contribution in [2.75, 3.05) is 6.61 Å². The second-order valence-electron chi connectivity index (χ2n) is 9.87. The molecule has 1 aliphatic heterocycles. The number of esters is 1. The Balaban J connectivity index is 0.00000289. The van der Waals surface area contributed by atoms with Gasteiger partial charge in [-0.3, -0.25) is 15.0 Å². The molecule has 1 heterocycles. The van der Waals surface area contributed by atoms with Gasteiger partial charge in [-0.05, 0) is 67.2 Å². The fourth-order valence-electron chi connectivity index (χ4n) is 5.65. The molecule has 35 heavy (non-hydrogen) atoms. The van der Waals surface area contributed by atoms with E-state index < -0.39 is 0 Å². The summed E-state index contributed by atoms with van der Waals surface area (Å²) in [5.74, 6) is 1.33. The predicted octanol–water partition coefficient (Wildman–Crippen LogP) is 4.06. The second-order valence-corrected chi connectivity index (χ2v) is 9.87. The van der Waals surface area contributed by atoms with Crippen molar-refractivity contribution in [2.24, 2.45) is 23.5 Å². The highest BCUT2D eigenvalue weighted by atomic mass is 35.5. The fourth-order valence-corrected chi connectivity index (χ4v) is 5.65. The van der Waals surface area contributed by atoms with Gasteiger partial charge in [0.15, 0.2) is 0 Å². The van der Waals surface area contributed by atoms with Crippen LogP contribution in [-0.4, -0.2) is 36.5 Å². The van der Waals surface area contributed by atoms with Gasteiger partial charge in [-0.1, -0.05) is 36.4 Å². The lowest BCUT2D eigenvalue weighted by Gasteiger charge is -2.22. The standard InChI is InChI=1S/C27H31N3O4.ClH/c28-26(29)19-5-3-17(4-6-19)18-7-9-23(10-8-18)33-15-22-13-21(27(32)30-22)14-25(31)34-24-12-16-1-2-20(24)11-16;/h3-10,16,20-22,24H,1-2,11-15H2,(H3,28,29)(H,30,32);1H/t16?,20?,21-,22-,24?;/m0./s1.